The molecule has 4 atom stereocenters. The third-order valence-electron chi connectivity index (χ3n) is 4.78. The quantitative estimate of drug-likeness (QED) is 0.811. The Morgan fingerprint density at radius 3 is 2.46 bits per heavy atom. The molecule has 2 aliphatic rings. The summed E-state index contributed by atoms with van der Waals surface area (Å²) in [7, 11) is 3.10. The van der Waals surface area contributed by atoms with Crippen molar-refractivity contribution in [3.63, 3.8) is 0 Å². The van der Waals surface area contributed by atoms with Crippen LogP contribution in [-0.4, -0.2) is 43.4 Å². The molecular weight excluding hydrogens is 314 g/mol. The van der Waals surface area contributed by atoms with E-state index in [0.717, 1.165) is 12.0 Å². The van der Waals surface area contributed by atoms with Gasteiger partial charge in [-0.3, -0.25) is 9.59 Å². The van der Waals surface area contributed by atoms with E-state index in [2.05, 4.69) is 5.32 Å². The van der Waals surface area contributed by atoms with Crippen molar-refractivity contribution in [3.05, 3.63) is 23.8 Å². The van der Waals surface area contributed by atoms with Gasteiger partial charge in [0, 0.05) is 6.54 Å². The van der Waals surface area contributed by atoms with E-state index in [1.54, 1.807) is 26.4 Å². The maximum atomic E-state index is 12.5. The molecule has 7 heteroatoms. The number of carboxylic acid groups (broad SMARTS) is 1. The third-order valence-corrected chi connectivity index (χ3v) is 4.78. The second-order valence-corrected chi connectivity index (χ2v) is 6.09. The van der Waals surface area contributed by atoms with Crippen LogP contribution in [-0.2, 0) is 20.9 Å². The Morgan fingerprint density at radius 1 is 1.17 bits per heavy atom. The van der Waals surface area contributed by atoms with E-state index in [0.29, 0.717) is 24.5 Å². The van der Waals surface area contributed by atoms with E-state index in [-0.39, 0.29) is 18.1 Å². The maximum Gasteiger partial charge on any atom is 0.310 e. The van der Waals surface area contributed by atoms with Crippen molar-refractivity contribution in [1.82, 2.24) is 5.32 Å². The summed E-state index contributed by atoms with van der Waals surface area (Å²) >= 11 is 0. The molecule has 2 unspecified atom stereocenters. The lowest BCUT2D eigenvalue weighted by molar-refractivity contribution is -0.147. The molecular formula is C17H21NO6. The summed E-state index contributed by atoms with van der Waals surface area (Å²) in [6.45, 7) is 0.291. The Labute approximate surface area is 139 Å². The smallest absolute Gasteiger partial charge is 0.310 e. The summed E-state index contributed by atoms with van der Waals surface area (Å²) in [6.07, 6.45) is 0.815. The number of hydrogen-bond acceptors (Lipinski definition) is 5. The van der Waals surface area contributed by atoms with Gasteiger partial charge in [-0.2, -0.15) is 0 Å². The van der Waals surface area contributed by atoms with E-state index in [1.807, 2.05) is 6.07 Å². The number of fused-ring (bicyclic) bond motifs is 2. The monoisotopic (exact) mass is 335 g/mol. The highest BCUT2D eigenvalue weighted by Gasteiger charge is 2.55. The topological polar surface area (TPSA) is 94.1 Å². The van der Waals surface area contributed by atoms with Gasteiger partial charge < -0.3 is 24.6 Å². The van der Waals surface area contributed by atoms with Crippen LogP contribution in [0.15, 0.2) is 18.2 Å². The molecule has 2 aliphatic heterocycles. The lowest BCUT2D eigenvalue weighted by Gasteiger charge is -2.24. The lowest BCUT2D eigenvalue weighted by Crippen LogP contribution is -2.43. The van der Waals surface area contributed by atoms with E-state index < -0.39 is 17.8 Å². The van der Waals surface area contributed by atoms with E-state index >= 15 is 0 Å². The van der Waals surface area contributed by atoms with Crippen LogP contribution in [0.5, 0.6) is 11.5 Å². The predicted octanol–water partition coefficient (Wildman–Crippen LogP) is 1.20. The fourth-order valence-electron chi connectivity index (χ4n) is 3.62. The molecule has 0 aliphatic carbocycles. The van der Waals surface area contributed by atoms with Crippen molar-refractivity contribution in [2.75, 3.05) is 14.2 Å². The average Bonchev–Trinajstić information content (AvgIpc) is 3.20. The SMILES string of the molecule is COc1ccc(CNC(=O)C2C(C(=O)O)[C@@H]3CC[C@H]2O3)cc1OC. The lowest BCUT2D eigenvalue weighted by atomic mass is 9.78. The van der Waals surface area contributed by atoms with E-state index in [1.165, 1.54) is 0 Å². The molecule has 3 rings (SSSR count). The van der Waals surface area contributed by atoms with Gasteiger partial charge in [0.2, 0.25) is 5.91 Å². The number of methoxy groups -OCH3 is 2. The van der Waals surface area contributed by atoms with Crippen molar-refractivity contribution in [3.8, 4) is 11.5 Å². The zero-order valence-corrected chi connectivity index (χ0v) is 13.7. The molecule has 0 saturated carbocycles. The highest BCUT2D eigenvalue weighted by molar-refractivity contribution is 5.86. The summed E-state index contributed by atoms with van der Waals surface area (Å²) in [5.74, 6) is -1.43. The van der Waals surface area contributed by atoms with Gasteiger partial charge >= 0.3 is 5.97 Å². The molecule has 1 amide bonds. The highest BCUT2D eigenvalue weighted by atomic mass is 16.5. The average molecular weight is 335 g/mol. The van der Waals surface area contributed by atoms with Gasteiger partial charge in [0.05, 0.1) is 38.3 Å². The number of aliphatic carboxylic acids is 1. The zero-order chi connectivity index (χ0) is 17.3. The molecule has 0 radical (unpaired) electrons. The van der Waals surface area contributed by atoms with Crippen LogP contribution in [0, 0.1) is 11.8 Å². The number of hydrogen-bond donors (Lipinski definition) is 2. The van der Waals surface area contributed by atoms with E-state index in [9.17, 15) is 14.7 Å². The van der Waals surface area contributed by atoms with Gasteiger partial charge in [-0.05, 0) is 30.5 Å². The van der Waals surface area contributed by atoms with Gasteiger partial charge in [-0.15, -0.1) is 0 Å². The van der Waals surface area contributed by atoms with Crippen LogP contribution in [0.4, 0.5) is 0 Å². The minimum absolute atomic E-state index is 0.274. The Kier molecular flexibility index (Phi) is 4.62. The number of ether oxygens (including phenoxy) is 3. The molecule has 130 valence electrons. The first-order chi connectivity index (χ1) is 11.5. The summed E-state index contributed by atoms with van der Waals surface area (Å²) in [5, 5.41) is 12.2. The molecule has 2 N–H and O–H groups in total. The van der Waals surface area contributed by atoms with Gasteiger partial charge in [-0.1, -0.05) is 6.07 Å². The molecule has 1 aromatic rings. The molecule has 2 fully saturated rings. The van der Waals surface area contributed by atoms with Crippen molar-refractivity contribution >= 4 is 11.9 Å². The second kappa shape index (κ2) is 6.68. The number of carbonyl (C=O) groups is 2. The first-order valence-corrected chi connectivity index (χ1v) is 7.92. The Hall–Kier alpha value is -2.28. The number of carboxylic acids is 1. The first kappa shape index (κ1) is 16.6. The second-order valence-electron chi connectivity index (χ2n) is 6.09. The summed E-state index contributed by atoms with van der Waals surface area (Å²) < 4.78 is 16.0. The van der Waals surface area contributed by atoms with Gasteiger partial charge in [-0.25, -0.2) is 0 Å². The molecule has 2 bridgehead atoms. The van der Waals surface area contributed by atoms with Gasteiger partial charge in [0.1, 0.15) is 0 Å². The minimum Gasteiger partial charge on any atom is -0.493 e. The molecule has 7 nitrogen and oxygen atoms in total. The summed E-state index contributed by atoms with van der Waals surface area (Å²) in [4.78, 5) is 23.9. The molecule has 0 aromatic heterocycles. The Bertz CT molecular complexity index is 646. The highest BCUT2D eigenvalue weighted by Crippen LogP contribution is 2.43. The number of nitrogens with one attached hydrogen (secondary N) is 1. The third kappa shape index (κ3) is 2.91. The minimum atomic E-state index is -0.964. The van der Waals surface area contributed by atoms with Crippen LogP contribution in [0.1, 0.15) is 18.4 Å². The fourth-order valence-corrected chi connectivity index (χ4v) is 3.62. The fraction of sp³-hybridized carbons (Fsp3) is 0.529. The first-order valence-electron chi connectivity index (χ1n) is 7.92. The van der Waals surface area contributed by atoms with Gasteiger partial charge in [0.25, 0.3) is 0 Å². The number of carbonyl (C=O) groups excluding carboxylic acids is 1. The van der Waals surface area contributed by atoms with Crippen molar-refractivity contribution in [2.24, 2.45) is 11.8 Å². The molecule has 1 aromatic carbocycles. The van der Waals surface area contributed by atoms with Crippen molar-refractivity contribution < 1.29 is 28.9 Å². The van der Waals surface area contributed by atoms with Crippen molar-refractivity contribution in [1.29, 1.82) is 0 Å². The molecule has 2 heterocycles. The zero-order valence-electron chi connectivity index (χ0n) is 13.7. The van der Waals surface area contributed by atoms with Crippen LogP contribution < -0.4 is 14.8 Å². The van der Waals surface area contributed by atoms with E-state index in [4.69, 9.17) is 14.2 Å². The molecule has 2 saturated heterocycles. The van der Waals surface area contributed by atoms with Gasteiger partial charge in [0.15, 0.2) is 11.5 Å². The normalized spacial score (nSPS) is 27.8. The van der Waals surface area contributed by atoms with Crippen LogP contribution in [0.2, 0.25) is 0 Å². The predicted molar refractivity (Wildman–Crippen MR) is 83.9 cm³/mol. The van der Waals surface area contributed by atoms with Crippen LogP contribution in [0.3, 0.4) is 0 Å². The summed E-state index contributed by atoms with van der Waals surface area (Å²) in [6, 6.07) is 5.37. The number of rotatable bonds is 6. The largest absolute Gasteiger partial charge is 0.493 e. The number of benzene rings is 1. The van der Waals surface area contributed by atoms with Crippen molar-refractivity contribution in [2.45, 2.75) is 31.6 Å². The van der Waals surface area contributed by atoms with Crippen LogP contribution >= 0.6 is 0 Å². The molecule has 24 heavy (non-hydrogen) atoms. The standard InChI is InChI=1S/C17H21NO6/c1-22-10-4-3-9(7-13(10)23-2)8-18-16(19)14-11-5-6-12(24-11)15(14)17(20)21/h3-4,7,11-12,14-15H,5-6,8H2,1-2H3,(H,18,19)(H,20,21)/t11-,12+,14?,15?/m1/s1. The molecule has 0 spiro atoms. The Morgan fingerprint density at radius 2 is 1.83 bits per heavy atom. The number of amides is 1. The summed E-state index contributed by atoms with van der Waals surface area (Å²) in [5.41, 5.74) is 0.844. The van der Waals surface area contributed by atoms with Crippen LogP contribution in [0.25, 0.3) is 0 Å². The maximum absolute atomic E-state index is 12.5. The Balaban J connectivity index is 1.66.